The molecule has 0 saturated heterocycles. The molecule has 0 unspecified atom stereocenters. The van der Waals surface area contributed by atoms with Gasteiger partial charge < -0.3 is 0 Å². The van der Waals surface area contributed by atoms with E-state index in [1.807, 2.05) is 0 Å². The molecule has 19 heavy (non-hydrogen) atoms. The van der Waals surface area contributed by atoms with Crippen molar-refractivity contribution in [1.29, 1.82) is 0 Å². The summed E-state index contributed by atoms with van der Waals surface area (Å²) in [6, 6.07) is 0. The molecule has 0 fully saturated rings. The molecule has 0 N–H and O–H groups in total. The molecular formula is C7H2ClF11. The zero-order chi connectivity index (χ0) is 15.9. The molecule has 0 aromatic carbocycles. The second-order valence-electron chi connectivity index (χ2n) is 3.15. The van der Waals surface area contributed by atoms with Gasteiger partial charge in [-0.2, -0.15) is 48.3 Å². The second-order valence-corrected chi connectivity index (χ2v) is 3.62. The first-order valence-corrected chi connectivity index (χ1v) is 4.31. The standard InChI is InChI=1S/C7H2ClF11/c8-6(15,16)5(13,14)3(9,10)1-2-4(11,12)7(17,18)19/h1-2H. The van der Waals surface area contributed by atoms with Crippen LogP contribution in [0.5, 0.6) is 0 Å². The van der Waals surface area contributed by atoms with Crippen molar-refractivity contribution in [2.45, 2.75) is 29.3 Å². The zero-order valence-electron chi connectivity index (χ0n) is 8.19. The van der Waals surface area contributed by atoms with Gasteiger partial charge in [0.25, 0.3) is 0 Å². The lowest BCUT2D eigenvalue weighted by atomic mass is 10.1. The van der Waals surface area contributed by atoms with Gasteiger partial charge in [0.1, 0.15) is 0 Å². The third-order valence-corrected chi connectivity index (χ3v) is 1.89. The van der Waals surface area contributed by atoms with Crippen molar-refractivity contribution in [2.75, 3.05) is 0 Å². The van der Waals surface area contributed by atoms with E-state index in [9.17, 15) is 48.3 Å². The summed E-state index contributed by atoms with van der Waals surface area (Å²) in [5.74, 6) is -18.3. The van der Waals surface area contributed by atoms with Gasteiger partial charge >= 0.3 is 29.3 Å². The molecule has 0 aliphatic rings. The van der Waals surface area contributed by atoms with Gasteiger partial charge in [-0.15, -0.1) is 0 Å². The Hall–Kier alpha value is -0.740. The maximum Gasteiger partial charge on any atom is 0.457 e. The minimum atomic E-state index is -6.36. The Labute approximate surface area is 102 Å². The molecule has 12 heteroatoms. The molecule has 0 atom stereocenters. The molecule has 0 nitrogen and oxygen atoms in total. The van der Waals surface area contributed by atoms with E-state index in [2.05, 4.69) is 11.6 Å². The predicted octanol–water partition coefficient (Wildman–Crippen LogP) is 4.84. The van der Waals surface area contributed by atoms with Crippen molar-refractivity contribution >= 4 is 11.6 Å². The van der Waals surface area contributed by atoms with Crippen molar-refractivity contribution in [2.24, 2.45) is 0 Å². The average Bonchev–Trinajstić information content (AvgIpc) is 2.11. The SMILES string of the molecule is FC(F)(F)C(F)(F)C=CC(F)(F)C(F)(F)C(F)(F)Cl. The average molecular weight is 331 g/mol. The van der Waals surface area contributed by atoms with Crippen LogP contribution in [-0.2, 0) is 0 Å². The van der Waals surface area contributed by atoms with Crippen molar-refractivity contribution in [3.8, 4) is 0 Å². The highest BCUT2D eigenvalue weighted by Gasteiger charge is 2.70. The maximum atomic E-state index is 12.5. The molecule has 0 radical (unpaired) electrons. The quantitative estimate of drug-likeness (QED) is 0.393. The number of halogens is 12. The van der Waals surface area contributed by atoms with Crippen LogP contribution in [0.3, 0.4) is 0 Å². The topological polar surface area (TPSA) is 0 Å². The first kappa shape index (κ1) is 18.3. The maximum absolute atomic E-state index is 12.5. The van der Waals surface area contributed by atoms with Crippen LogP contribution in [0, 0.1) is 0 Å². The minimum Gasteiger partial charge on any atom is -0.195 e. The van der Waals surface area contributed by atoms with Crippen LogP contribution in [-0.4, -0.2) is 29.3 Å². The number of hydrogen-bond donors (Lipinski definition) is 0. The van der Waals surface area contributed by atoms with Crippen molar-refractivity contribution in [3.63, 3.8) is 0 Å². The molecular weight excluding hydrogens is 329 g/mol. The molecule has 0 aromatic rings. The highest BCUT2D eigenvalue weighted by molar-refractivity contribution is 6.22. The highest BCUT2D eigenvalue weighted by Crippen LogP contribution is 2.49. The van der Waals surface area contributed by atoms with E-state index >= 15 is 0 Å². The summed E-state index contributed by atoms with van der Waals surface area (Å²) in [6.07, 6.45) is -9.67. The summed E-state index contributed by atoms with van der Waals surface area (Å²) in [7, 11) is 0. The monoisotopic (exact) mass is 330 g/mol. The highest BCUT2D eigenvalue weighted by atomic mass is 35.5. The van der Waals surface area contributed by atoms with Crippen LogP contribution in [0.4, 0.5) is 48.3 Å². The molecule has 0 amide bonds. The smallest absolute Gasteiger partial charge is 0.195 e. The van der Waals surface area contributed by atoms with Gasteiger partial charge in [0.05, 0.1) is 0 Å². The lowest BCUT2D eigenvalue weighted by Gasteiger charge is -2.27. The Kier molecular flexibility index (Phi) is 4.49. The van der Waals surface area contributed by atoms with E-state index in [-0.39, 0.29) is 0 Å². The molecule has 0 rings (SSSR count). The van der Waals surface area contributed by atoms with Gasteiger partial charge in [-0.3, -0.25) is 0 Å². The fraction of sp³-hybridized carbons (Fsp3) is 0.714. The molecule has 0 aliphatic carbocycles. The molecule has 0 aliphatic heterocycles. The fourth-order valence-electron chi connectivity index (χ4n) is 0.597. The third kappa shape index (κ3) is 3.63. The molecule has 0 heterocycles. The van der Waals surface area contributed by atoms with Crippen molar-refractivity contribution in [3.05, 3.63) is 12.2 Å². The first-order valence-electron chi connectivity index (χ1n) is 3.93. The normalized spacial score (nSPS) is 16.2. The Balaban J connectivity index is 5.40. The lowest BCUT2D eigenvalue weighted by Crippen LogP contribution is -2.50. The Bertz CT molecular complexity index is 347. The predicted molar refractivity (Wildman–Crippen MR) is 40.8 cm³/mol. The third-order valence-electron chi connectivity index (χ3n) is 1.65. The van der Waals surface area contributed by atoms with E-state index in [4.69, 9.17) is 0 Å². The lowest BCUT2D eigenvalue weighted by molar-refractivity contribution is -0.267. The van der Waals surface area contributed by atoms with Crippen LogP contribution >= 0.6 is 11.6 Å². The minimum absolute atomic E-state index is 1.65. The van der Waals surface area contributed by atoms with Crippen LogP contribution in [0.15, 0.2) is 12.2 Å². The number of alkyl halides is 12. The van der Waals surface area contributed by atoms with Gasteiger partial charge in [0, 0.05) is 0 Å². The number of allylic oxidation sites excluding steroid dienone is 2. The molecule has 0 aromatic heterocycles. The molecule has 0 bridgehead atoms. The van der Waals surface area contributed by atoms with Gasteiger partial charge in [0.2, 0.25) is 0 Å². The Morgan fingerprint density at radius 1 is 0.579 bits per heavy atom. The van der Waals surface area contributed by atoms with E-state index in [1.165, 1.54) is 0 Å². The van der Waals surface area contributed by atoms with E-state index in [0.29, 0.717) is 0 Å². The van der Waals surface area contributed by atoms with Crippen LogP contribution in [0.2, 0.25) is 0 Å². The van der Waals surface area contributed by atoms with Gasteiger partial charge in [0.15, 0.2) is 0 Å². The summed E-state index contributed by atoms with van der Waals surface area (Å²) < 4.78 is 133. The van der Waals surface area contributed by atoms with Crippen LogP contribution < -0.4 is 0 Å². The van der Waals surface area contributed by atoms with Gasteiger partial charge in [-0.25, -0.2) is 0 Å². The van der Waals surface area contributed by atoms with Crippen molar-refractivity contribution < 1.29 is 48.3 Å². The fourth-order valence-corrected chi connectivity index (χ4v) is 0.723. The van der Waals surface area contributed by atoms with E-state index < -0.39 is 41.5 Å². The molecule has 114 valence electrons. The van der Waals surface area contributed by atoms with E-state index in [0.717, 1.165) is 0 Å². The second kappa shape index (κ2) is 4.67. The molecule has 0 spiro atoms. The van der Waals surface area contributed by atoms with Crippen LogP contribution in [0.1, 0.15) is 0 Å². The summed E-state index contributed by atoms with van der Waals surface area (Å²) in [5.41, 5.74) is 0. The first-order chi connectivity index (χ1) is 7.96. The van der Waals surface area contributed by atoms with Gasteiger partial charge in [-0.05, 0) is 23.8 Å². The van der Waals surface area contributed by atoms with Crippen LogP contribution in [0.25, 0.3) is 0 Å². The largest absolute Gasteiger partial charge is 0.457 e. The Morgan fingerprint density at radius 3 is 1.16 bits per heavy atom. The Morgan fingerprint density at radius 2 is 0.895 bits per heavy atom. The summed E-state index contributed by atoms with van der Waals surface area (Å²) in [6.45, 7) is 0. The number of rotatable bonds is 4. The molecule has 0 saturated carbocycles. The number of hydrogen-bond acceptors (Lipinski definition) is 0. The van der Waals surface area contributed by atoms with Gasteiger partial charge in [-0.1, -0.05) is 0 Å². The summed E-state index contributed by atoms with van der Waals surface area (Å²) >= 11 is 3.64. The van der Waals surface area contributed by atoms with E-state index in [1.54, 1.807) is 0 Å². The summed E-state index contributed by atoms with van der Waals surface area (Å²) in [5, 5.41) is -5.85. The summed E-state index contributed by atoms with van der Waals surface area (Å²) in [4.78, 5) is 0. The van der Waals surface area contributed by atoms with Crippen molar-refractivity contribution in [1.82, 2.24) is 0 Å². The zero-order valence-corrected chi connectivity index (χ0v) is 8.95.